The molecule has 2 aromatic heterocycles. The van der Waals surface area contributed by atoms with Crippen molar-refractivity contribution in [2.75, 3.05) is 0 Å². The SMILES string of the molecule is Cc1cc(Cl)c(-n2c(CCl)nc3cnccc32)cc1Cl. The zero-order valence-corrected chi connectivity index (χ0v) is 12.8. The number of benzene rings is 1. The number of aromatic nitrogens is 3. The lowest BCUT2D eigenvalue weighted by Crippen LogP contribution is -2.00. The van der Waals surface area contributed by atoms with Gasteiger partial charge in [0.25, 0.3) is 0 Å². The Balaban J connectivity index is 2.36. The molecule has 0 bridgehead atoms. The van der Waals surface area contributed by atoms with Crippen LogP contribution in [0, 0.1) is 6.92 Å². The number of nitrogens with zero attached hydrogens (tertiary/aromatic N) is 3. The molecule has 3 rings (SSSR count). The van der Waals surface area contributed by atoms with Gasteiger partial charge in [-0.3, -0.25) is 9.55 Å². The number of hydrogen-bond donors (Lipinski definition) is 0. The van der Waals surface area contributed by atoms with Crippen LogP contribution >= 0.6 is 34.8 Å². The van der Waals surface area contributed by atoms with Gasteiger partial charge in [-0.1, -0.05) is 23.2 Å². The van der Waals surface area contributed by atoms with Crippen molar-refractivity contribution < 1.29 is 0 Å². The van der Waals surface area contributed by atoms with Crippen molar-refractivity contribution in [3.05, 3.63) is 52.0 Å². The normalized spacial score (nSPS) is 11.2. The number of hydrogen-bond acceptors (Lipinski definition) is 2. The smallest absolute Gasteiger partial charge is 0.129 e. The lowest BCUT2D eigenvalue weighted by Gasteiger charge is -2.11. The molecule has 6 heteroatoms. The molecule has 0 aliphatic heterocycles. The van der Waals surface area contributed by atoms with Gasteiger partial charge in [0.1, 0.15) is 11.3 Å². The maximum absolute atomic E-state index is 6.36. The quantitative estimate of drug-likeness (QED) is 0.635. The van der Waals surface area contributed by atoms with Crippen LogP contribution in [0.1, 0.15) is 11.4 Å². The van der Waals surface area contributed by atoms with Crippen molar-refractivity contribution >= 4 is 45.8 Å². The fourth-order valence-corrected chi connectivity index (χ4v) is 2.79. The average Bonchev–Trinajstić information content (AvgIpc) is 2.81. The summed E-state index contributed by atoms with van der Waals surface area (Å²) in [6.07, 6.45) is 3.41. The van der Waals surface area contributed by atoms with E-state index in [0.29, 0.717) is 15.9 Å². The second-order valence-corrected chi connectivity index (χ2v) is 5.50. The fraction of sp³-hybridized carbons (Fsp3) is 0.143. The second-order valence-electron chi connectivity index (χ2n) is 4.41. The molecule has 0 N–H and O–H groups in total. The van der Waals surface area contributed by atoms with Crippen LogP contribution in [-0.2, 0) is 5.88 Å². The van der Waals surface area contributed by atoms with E-state index >= 15 is 0 Å². The first-order valence-electron chi connectivity index (χ1n) is 5.95. The Hall–Kier alpha value is -1.29. The van der Waals surface area contributed by atoms with E-state index < -0.39 is 0 Å². The van der Waals surface area contributed by atoms with Crippen LogP contribution in [-0.4, -0.2) is 14.5 Å². The molecule has 2 heterocycles. The van der Waals surface area contributed by atoms with Gasteiger partial charge in [0.05, 0.1) is 28.3 Å². The third-order valence-electron chi connectivity index (χ3n) is 3.11. The molecule has 0 saturated heterocycles. The summed E-state index contributed by atoms with van der Waals surface area (Å²) in [7, 11) is 0. The van der Waals surface area contributed by atoms with Gasteiger partial charge in [0.2, 0.25) is 0 Å². The minimum atomic E-state index is 0.274. The molecule has 0 saturated carbocycles. The molecular weight excluding hydrogens is 317 g/mol. The molecule has 0 radical (unpaired) electrons. The fourth-order valence-electron chi connectivity index (χ4n) is 2.15. The van der Waals surface area contributed by atoms with E-state index in [1.54, 1.807) is 12.4 Å². The maximum atomic E-state index is 6.36. The summed E-state index contributed by atoms with van der Waals surface area (Å²) in [5.41, 5.74) is 3.37. The average molecular weight is 327 g/mol. The molecule has 0 aliphatic rings. The highest BCUT2D eigenvalue weighted by molar-refractivity contribution is 6.35. The highest BCUT2D eigenvalue weighted by atomic mass is 35.5. The number of imidazole rings is 1. The van der Waals surface area contributed by atoms with Crippen LogP contribution in [0.5, 0.6) is 0 Å². The van der Waals surface area contributed by atoms with Gasteiger partial charge in [-0.05, 0) is 30.7 Å². The van der Waals surface area contributed by atoms with Crippen molar-refractivity contribution in [3.63, 3.8) is 0 Å². The van der Waals surface area contributed by atoms with Crippen LogP contribution in [0.2, 0.25) is 10.0 Å². The number of rotatable bonds is 2. The molecule has 0 amide bonds. The molecule has 0 spiro atoms. The highest BCUT2D eigenvalue weighted by Gasteiger charge is 2.15. The first-order chi connectivity index (χ1) is 9.61. The third kappa shape index (κ3) is 2.16. The van der Waals surface area contributed by atoms with Crippen molar-refractivity contribution in [2.45, 2.75) is 12.8 Å². The van der Waals surface area contributed by atoms with E-state index in [1.807, 2.05) is 29.7 Å². The Kier molecular flexibility index (Phi) is 3.59. The second kappa shape index (κ2) is 5.24. The Morgan fingerprint density at radius 2 is 2.00 bits per heavy atom. The summed E-state index contributed by atoms with van der Waals surface area (Å²) in [5.74, 6) is 0.979. The first-order valence-corrected chi connectivity index (χ1v) is 7.24. The van der Waals surface area contributed by atoms with Gasteiger partial charge in [-0.15, -0.1) is 11.6 Å². The molecule has 20 heavy (non-hydrogen) atoms. The van der Waals surface area contributed by atoms with Crippen LogP contribution in [0.15, 0.2) is 30.6 Å². The van der Waals surface area contributed by atoms with Crippen LogP contribution in [0.3, 0.4) is 0 Å². The third-order valence-corrected chi connectivity index (χ3v) is 4.06. The van der Waals surface area contributed by atoms with E-state index in [4.69, 9.17) is 34.8 Å². The van der Waals surface area contributed by atoms with Gasteiger partial charge in [-0.25, -0.2) is 4.98 Å². The van der Waals surface area contributed by atoms with Crippen molar-refractivity contribution in [3.8, 4) is 5.69 Å². The molecule has 1 aromatic carbocycles. The molecule has 0 unspecified atom stereocenters. The minimum Gasteiger partial charge on any atom is -0.294 e. The Labute approximate surface area is 131 Å². The van der Waals surface area contributed by atoms with Gasteiger partial charge in [0.15, 0.2) is 0 Å². The van der Waals surface area contributed by atoms with Crippen molar-refractivity contribution in [1.82, 2.24) is 14.5 Å². The summed E-state index contributed by atoms with van der Waals surface area (Å²) in [6.45, 7) is 1.91. The van der Waals surface area contributed by atoms with E-state index in [0.717, 1.165) is 22.3 Å². The van der Waals surface area contributed by atoms with Gasteiger partial charge < -0.3 is 0 Å². The summed E-state index contributed by atoms with van der Waals surface area (Å²) >= 11 is 18.6. The van der Waals surface area contributed by atoms with Crippen LogP contribution in [0.25, 0.3) is 16.7 Å². The molecule has 0 fully saturated rings. The summed E-state index contributed by atoms with van der Waals surface area (Å²) in [5, 5.41) is 1.26. The number of aryl methyl sites for hydroxylation is 1. The number of alkyl halides is 1. The zero-order valence-electron chi connectivity index (χ0n) is 10.6. The monoisotopic (exact) mass is 325 g/mol. The van der Waals surface area contributed by atoms with Gasteiger partial charge >= 0.3 is 0 Å². The predicted molar refractivity (Wildman–Crippen MR) is 83.2 cm³/mol. The van der Waals surface area contributed by atoms with E-state index in [-0.39, 0.29) is 5.88 Å². The lowest BCUT2D eigenvalue weighted by molar-refractivity contribution is 0.981. The summed E-state index contributed by atoms with van der Waals surface area (Å²) < 4.78 is 1.91. The molecule has 102 valence electrons. The van der Waals surface area contributed by atoms with Gasteiger partial charge in [-0.2, -0.15) is 0 Å². The topological polar surface area (TPSA) is 30.7 Å². The first kappa shape index (κ1) is 13.7. The standard InChI is InChI=1S/C14H10Cl3N3/c1-8-4-10(17)13(5-9(8)16)20-12-2-3-18-7-11(12)19-14(20)6-15/h2-5,7H,6H2,1H3. The Morgan fingerprint density at radius 3 is 2.75 bits per heavy atom. The highest BCUT2D eigenvalue weighted by Crippen LogP contribution is 2.31. The molecule has 0 atom stereocenters. The van der Waals surface area contributed by atoms with Crippen molar-refractivity contribution in [1.29, 1.82) is 0 Å². The minimum absolute atomic E-state index is 0.274. The Bertz CT molecular complexity index is 796. The summed E-state index contributed by atoms with van der Waals surface area (Å²) in [6, 6.07) is 5.55. The number of halogens is 3. The maximum Gasteiger partial charge on any atom is 0.129 e. The van der Waals surface area contributed by atoms with E-state index in [9.17, 15) is 0 Å². The predicted octanol–water partition coefficient (Wildman–Crippen LogP) is 4.77. The molecule has 3 nitrogen and oxygen atoms in total. The molecule has 3 aromatic rings. The van der Waals surface area contributed by atoms with E-state index in [2.05, 4.69) is 9.97 Å². The van der Waals surface area contributed by atoms with Gasteiger partial charge in [0, 0.05) is 11.2 Å². The van der Waals surface area contributed by atoms with Crippen molar-refractivity contribution in [2.24, 2.45) is 0 Å². The summed E-state index contributed by atoms with van der Waals surface area (Å²) in [4.78, 5) is 8.54. The molecular formula is C14H10Cl3N3. The lowest BCUT2D eigenvalue weighted by atomic mass is 10.2. The Morgan fingerprint density at radius 1 is 1.20 bits per heavy atom. The zero-order chi connectivity index (χ0) is 14.3. The van der Waals surface area contributed by atoms with E-state index in [1.165, 1.54) is 0 Å². The van der Waals surface area contributed by atoms with Crippen LogP contribution < -0.4 is 0 Å². The largest absolute Gasteiger partial charge is 0.294 e. The number of pyridine rings is 1. The van der Waals surface area contributed by atoms with Crippen LogP contribution in [0.4, 0.5) is 0 Å². The number of fused-ring (bicyclic) bond motifs is 1. The molecule has 0 aliphatic carbocycles.